The van der Waals surface area contributed by atoms with Crippen LogP contribution in [0.2, 0.25) is 0 Å². The van der Waals surface area contributed by atoms with Crippen molar-refractivity contribution in [1.29, 1.82) is 0 Å². The van der Waals surface area contributed by atoms with E-state index >= 15 is 0 Å². The topological polar surface area (TPSA) is 54.5 Å². The molecule has 1 saturated heterocycles. The van der Waals surface area contributed by atoms with Crippen LogP contribution in [0.5, 0.6) is 0 Å². The molecule has 32 heavy (non-hydrogen) atoms. The molecule has 2 amide bonds. The maximum atomic E-state index is 14.0. The minimum atomic E-state index is -0.819. The summed E-state index contributed by atoms with van der Waals surface area (Å²) in [5, 5.41) is 0. The number of hydrogen-bond donors (Lipinski definition) is 0. The van der Waals surface area contributed by atoms with E-state index in [0.29, 0.717) is 11.3 Å². The van der Waals surface area contributed by atoms with E-state index in [-0.39, 0.29) is 17.6 Å². The van der Waals surface area contributed by atoms with Crippen molar-refractivity contribution >= 4 is 55.1 Å². The van der Waals surface area contributed by atoms with Gasteiger partial charge in [-0.1, -0.05) is 92.5 Å². The molecule has 4 aliphatic rings. The third-order valence-corrected chi connectivity index (χ3v) is 9.79. The molecule has 1 heterocycles. The van der Waals surface area contributed by atoms with Gasteiger partial charge in [-0.2, -0.15) is 0 Å². The Labute approximate surface area is 201 Å². The largest absolute Gasteiger partial charge is 0.295 e. The van der Waals surface area contributed by atoms with Gasteiger partial charge in [0.25, 0.3) is 0 Å². The van der Waals surface area contributed by atoms with Gasteiger partial charge in [-0.15, -0.1) is 0 Å². The van der Waals surface area contributed by atoms with Gasteiger partial charge in [0.1, 0.15) is 0 Å². The van der Waals surface area contributed by atoms with Gasteiger partial charge in [0, 0.05) is 5.56 Å². The fourth-order valence-electron chi connectivity index (χ4n) is 5.79. The third-order valence-electron chi connectivity index (χ3n) is 7.10. The summed E-state index contributed by atoms with van der Waals surface area (Å²) in [7, 11) is 0. The number of hydrogen-bond acceptors (Lipinski definition) is 3. The Kier molecular flexibility index (Phi) is 4.07. The smallest absolute Gasteiger partial charge is 0.239 e. The summed E-state index contributed by atoms with van der Waals surface area (Å²) in [6.07, 6.45) is 0. The molecular weight excluding hydrogens is 534 g/mol. The number of carbonyl (C=O) groups excluding carboxylic acids is 3. The van der Waals surface area contributed by atoms with Crippen molar-refractivity contribution in [3.63, 3.8) is 0 Å². The second-order valence-corrected chi connectivity index (χ2v) is 11.1. The number of alkyl halides is 2. The minimum Gasteiger partial charge on any atom is -0.295 e. The molecule has 2 bridgehead atoms. The number of rotatable bonds is 2. The van der Waals surface area contributed by atoms with E-state index in [0.717, 1.165) is 22.3 Å². The van der Waals surface area contributed by atoms with Gasteiger partial charge in [-0.3, -0.25) is 14.4 Å². The summed E-state index contributed by atoms with van der Waals surface area (Å²) >= 11 is 7.98. The first-order valence-corrected chi connectivity index (χ1v) is 12.0. The van der Waals surface area contributed by atoms with Crippen molar-refractivity contribution in [3.8, 4) is 0 Å². The quantitative estimate of drug-likeness (QED) is 0.247. The lowest BCUT2D eigenvalue weighted by molar-refractivity contribution is -0.122. The Morgan fingerprint density at radius 1 is 0.750 bits per heavy atom. The van der Waals surface area contributed by atoms with Crippen LogP contribution >= 0.6 is 31.9 Å². The lowest BCUT2D eigenvalue weighted by atomic mass is 9.54. The number of anilines is 1. The summed E-state index contributed by atoms with van der Waals surface area (Å²) in [5.41, 5.74) is 4.89. The minimum absolute atomic E-state index is 0.114. The van der Waals surface area contributed by atoms with Gasteiger partial charge in [0.2, 0.25) is 11.8 Å². The molecule has 2 atom stereocenters. The van der Waals surface area contributed by atoms with Gasteiger partial charge >= 0.3 is 0 Å². The monoisotopic (exact) mass is 549 g/mol. The van der Waals surface area contributed by atoms with Crippen molar-refractivity contribution in [2.75, 3.05) is 4.90 Å². The van der Waals surface area contributed by atoms with E-state index in [9.17, 15) is 14.4 Å². The molecule has 6 heteroatoms. The standard InChI is InChI=1S/C26H17Br2NO3/c1-14(30)15-7-6-8-16(13-15)29-23(31)21-22(24(29)32)26(28)18-10-3-2-9-17(18)25(21,27)19-11-4-5-12-20(19)26/h2-13,21-22H,1H3/t21-,22-,25?,26?/m1/s1. The summed E-state index contributed by atoms with van der Waals surface area (Å²) in [5.74, 6) is -1.88. The Hall–Kier alpha value is -2.57. The fourth-order valence-corrected chi connectivity index (χ4v) is 8.09. The number of halogens is 2. The fraction of sp³-hybridized carbons (Fsp3) is 0.192. The molecule has 0 radical (unpaired) electrons. The lowest BCUT2D eigenvalue weighted by Gasteiger charge is -2.55. The van der Waals surface area contributed by atoms with E-state index in [1.807, 2.05) is 48.5 Å². The predicted octanol–water partition coefficient (Wildman–Crippen LogP) is 5.30. The van der Waals surface area contributed by atoms with Gasteiger partial charge in [0.05, 0.1) is 26.2 Å². The molecule has 3 aliphatic carbocycles. The number of imide groups is 1. The average Bonchev–Trinajstić information content (AvgIpc) is 3.08. The van der Waals surface area contributed by atoms with E-state index in [1.165, 1.54) is 11.8 Å². The van der Waals surface area contributed by atoms with Crippen LogP contribution in [0.1, 0.15) is 39.5 Å². The van der Waals surface area contributed by atoms with Crippen LogP contribution in [-0.2, 0) is 18.2 Å². The zero-order chi connectivity index (χ0) is 22.4. The zero-order valence-electron chi connectivity index (χ0n) is 17.0. The number of carbonyl (C=O) groups is 3. The number of ketones is 1. The molecule has 0 N–H and O–H groups in total. The highest BCUT2D eigenvalue weighted by Gasteiger charge is 2.72. The molecule has 3 aromatic rings. The van der Waals surface area contributed by atoms with Gasteiger partial charge in [0.15, 0.2) is 5.78 Å². The van der Waals surface area contributed by atoms with Crippen LogP contribution in [-0.4, -0.2) is 17.6 Å². The lowest BCUT2D eigenvalue weighted by Crippen LogP contribution is -2.56. The second-order valence-electron chi connectivity index (χ2n) is 8.59. The molecule has 1 fully saturated rings. The maximum Gasteiger partial charge on any atom is 0.239 e. The Morgan fingerprint density at radius 3 is 1.59 bits per heavy atom. The summed E-state index contributed by atoms with van der Waals surface area (Å²) in [4.78, 5) is 41.1. The van der Waals surface area contributed by atoms with Crippen LogP contribution in [0.25, 0.3) is 0 Å². The van der Waals surface area contributed by atoms with E-state index in [2.05, 4.69) is 31.9 Å². The van der Waals surface area contributed by atoms with Crippen LogP contribution in [0.15, 0.2) is 72.8 Å². The molecule has 3 aromatic carbocycles. The maximum absolute atomic E-state index is 14.0. The van der Waals surface area contributed by atoms with Crippen LogP contribution in [0.4, 0.5) is 5.69 Å². The van der Waals surface area contributed by atoms with E-state index < -0.39 is 20.5 Å². The first-order valence-electron chi connectivity index (χ1n) is 10.4. The first-order chi connectivity index (χ1) is 15.3. The van der Waals surface area contributed by atoms with Gasteiger partial charge < -0.3 is 0 Å². The predicted molar refractivity (Wildman–Crippen MR) is 128 cm³/mol. The van der Waals surface area contributed by atoms with Crippen LogP contribution < -0.4 is 4.90 Å². The molecular formula is C26H17Br2NO3. The van der Waals surface area contributed by atoms with E-state index in [4.69, 9.17) is 0 Å². The zero-order valence-corrected chi connectivity index (χ0v) is 20.2. The Morgan fingerprint density at radius 2 is 1.19 bits per heavy atom. The van der Waals surface area contributed by atoms with Gasteiger partial charge in [-0.25, -0.2) is 4.90 Å². The molecule has 158 valence electrons. The normalized spacial score (nSPS) is 29.5. The highest BCUT2D eigenvalue weighted by molar-refractivity contribution is 9.10. The van der Waals surface area contributed by atoms with Crippen molar-refractivity contribution in [3.05, 3.63) is 101 Å². The molecule has 0 spiro atoms. The van der Waals surface area contributed by atoms with Crippen molar-refractivity contribution in [1.82, 2.24) is 0 Å². The summed E-state index contributed by atoms with van der Waals surface area (Å²) in [6, 6.07) is 22.7. The summed E-state index contributed by atoms with van der Waals surface area (Å²) in [6.45, 7) is 1.47. The number of amides is 2. The first kappa shape index (κ1) is 20.1. The highest BCUT2D eigenvalue weighted by atomic mass is 79.9. The number of Topliss-reactive ketones (excluding diaryl/α,β-unsaturated/α-hetero) is 1. The van der Waals surface area contributed by atoms with Crippen molar-refractivity contribution < 1.29 is 14.4 Å². The molecule has 0 unspecified atom stereocenters. The highest BCUT2D eigenvalue weighted by Crippen LogP contribution is 2.70. The molecule has 4 nitrogen and oxygen atoms in total. The van der Waals surface area contributed by atoms with E-state index in [1.54, 1.807) is 24.3 Å². The van der Waals surface area contributed by atoms with Crippen molar-refractivity contribution in [2.45, 2.75) is 15.6 Å². The average molecular weight is 551 g/mol. The van der Waals surface area contributed by atoms with Crippen molar-refractivity contribution in [2.24, 2.45) is 11.8 Å². The number of benzene rings is 3. The number of nitrogens with zero attached hydrogens (tertiary/aromatic N) is 1. The van der Waals surface area contributed by atoms with Gasteiger partial charge in [-0.05, 0) is 41.3 Å². The second kappa shape index (κ2) is 6.49. The Bertz CT molecular complexity index is 1240. The summed E-state index contributed by atoms with van der Waals surface area (Å²) < 4.78 is -1.64. The van der Waals surface area contributed by atoms with Crippen LogP contribution in [0, 0.1) is 11.8 Å². The SMILES string of the molecule is CC(=O)c1cccc(N2C(=O)[C@H]3[C@H](C2=O)C2(Br)c4ccccc4C3(Br)c3ccccc32)c1. The molecule has 1 aliphatic heterocycles. The molecule has 0 aromatic heterocycles. The molecule has 7 rings (SSSR count). The van der Waals surface area contributed by atoms with Crippen LogP contribution in [0.3, 0.4) is 0 Å². The Balaban J connectivity index is 1.63. The third kappa shape index (κ3) is 2.20. The molecule has 0 saturated carbocycles.